The van der Waals surface area contributed by atoms with Crippen LogP contribution in [0.2, 0.25) is 0 Å². The molecule has 0 unspecified atom stereocenters. The first-order valence-electron chi connectivity index (χ1n) is 8.62. The third-order valence-corrected chi connectivity index (χ3v) is 4.79. The molecule has 3 rings (SSSR count). The van der Waals surface area contributed by atoms with Gasteiger partial charge in [0, 0.05) is 17.3 Å². The Hall–Kier alpha value is -2.17. The van der Waals surface area contributed by atoms with Gasteiger partial charge in [-0.25, -0.2) is 4.79 Å². The second kappa shape index (κ2) is 8.97. The Morgan fingerprint density at radius 1 is 1.08 bits per heavy atom. The Morgan fingerprint density at radius 2 is 1.77 bits per heavy atom. The van der Waals surface area contributed by atoms with E-state index in [-0.39, 0.29) is 24.3 Å². The molecule has 0 bridgehead atoms. The first-order chi connectivity index (χ1) is 12.6. The van der Waals surface area contributed by atoms with Crippen molar-refractivity contribution in [3.63, 3.8) is 0 Å². The van der Waals surface area contributed by atoms with Gasteiger partial charge in [0.15, 0.2) is 0 Å². The summed E-state index contributed by atoms with van der Waals surface area (Å²) in [4.78, 5) is 12.4. The summed E-state index contributed by atoms with van der Waals surface area (Å²) < 4.78 is 12.6. The van der Waals surface area contributed by atoms with Crippen molar-refractivity contribution in [2.45, 2.75) is 31.2 Å². The lowest BCUT2D eigenvalue weighted by molar-refractivity contribution is -0.0643. The molecule has 4 heteroatoms. The predicted molar refractivity (Wildman–Crippen MR) is 107 cm³/mol. The maximum absolute atomic E-state index is 12.4. The van der Waals surface area contributed by atoms with E-state index in [0.29, 0.717) is 18.4 Å². The molecule has 26 heavy (non-hydrogen) atoms. The number of halogens is 1. The molecular formula is C22H21BrO3. The number of ether oxygens (including phenoxy) is 2. The van der Waals surface area contributed by atoms with Gasteiger partial charge in [0.25, 0.3) is 0 Å². The molecule has 3 atom stereocenters. The van der Waals surface area contributed by atoms with Crippen LogP contribution in [-0.2, 0) is 9.47 Å². The van der Waals surface area contributed by atoms with E-state index in [1.54, 1.807) is 18.2 Å². The second-order valence-corrected chi connectivity index (χ2v) is 7.14. The first-order valence-corrected chi connectivity index (χ1v) is 9.41. The highest BCUT2D eigenvalue weighted by molar-refractivity contribution is 9.10. The molecule has 134 valence electrons. The number of benzene rings is 2. The van der Waals surface area contributed by atoms with Gasteiger partial charge in [-0.1, -0.05) is 64.5 Å². The van der Waals surface area contributed by atoms with Gasteiger partial charge in [-0.05, 0) is 29.8 Å². The predicted octanol–water partition coefficient (Wildman–Crippen LogP) is 5.42. The lowest BCUT2D eigenvalue weighted by atomic mass is 9.99. The summed E-state index contributed by atoms with van der Waals surface area (Å²) in [7, 11) is 0. The van der Waals surface area contributed by atoms with Crippen molar-refractivity contribution in [1.29, 1.82) is 0 Å². The van der Waals surface area contributed by atoms with Gasteiger partial charge in [-0.15, -0.1) is 6.58 Å². The third-order valence-electron chi connectivity index (χ3n) is 4.26. The molecule has 0 saturated carbocycles. The summed E-state index contributed by atoms with van der Waals surface area (Å²) >= 11 is 3.37. The monoisotopic (exact) mass is 412 g/mol. The van der Waals surface area contributed by atoms with Gasteiger partial charge in [0.05, 0.1) is 17.8 Å². The van der Waals surface area contributed by atoms with Crippen molar-refractivity contribution >= 4 is 28.0 Å². The molecule has 0 amide bonds. The largest absolute Gasteiger partial charge is 0.459 e. The van der Waals surface area contributed by atoms with Gasteiger partial charge in [0.1, 0.15) is 6.10 Å². The minimum Gasteiger partial charge on any atom is -0.459 e. The molecule has 0 spiro atoms. The normalized spacial score (nSPS) is 22.9. The minimum atomic E-state index is -0.307. The summed E-state index contributed by atoms with van der Waals surface area (Å²) in [6.45, 7) is 3.82. The van der Waals surface area contributed by atoms with Crippen LogP contribution in [0.25, 0.3) is 6.08 Å². The van der Waals surface area contributed by atoms with Crippen LogP contribution < -0.4 is 0 Å². The van der Waals surface area contributed by atoms with Crippen LogP contribution in [0.15, 0.2) is 77.8 Å². The second-order valence-electron chi connectivity index (χ2n) is 6.22. The molecular weight excluding hydrogens is 392 g/mol. The topological polar surface area (TPSA) is 35.5 Å². The molecule has 0 aromatic heterocycles. The Morgan fingerprint density at radius 3 is 2.46 bits per heavy atom. The SMILES string of the molecule is C=C[C@H]1C[C@H](OC(=O)c2ccc(Br)cc2)C[C@@H](/C=C\c2ccccc2)O1. The zero-order valence-corrected chi connectivity index (χ0v) is 16.0. The maximum Gasteiger partial charge on any atom is 0.338 e. The van der Waals surface area contributed by atoms with Gasteiger partial charge < -0.3 is 9.47 Å². The standard InChI is InChI=1S/C22H21BrO3/c1-2-19-14-21(26-22(24)17-9-11-18(23)12-10-17)15-20(25-19)13-8-16-6-4-3-5-7-16/h2-13,19-21H,1,14-15H2/b13-8-/t19-,20+,21-/m0/s1. The van der Waals surface area contributed by atoms with Crippen LogP contribution in [0, 0.1) is 0 Å². The fourth-order valence-electron chi connectivity index (χ4n) is 2.91. The summed E-state index contributed by atoms with van der Waals surface area (Å²) in [6.07, 6.45) is 6.63. The fraction of sp³-hybridized carbons (Fsp3) is 0.227. The number of esters is 1. The average Bonchev–Trinajstić information content (AvgIpc) is 2.67. The van der Waals surface area contributed by atoms with Crippen LogP contribution in [0.4, 0.5) is 0 Å². The molecule has 1 heterocycles. The van der Waals surface area contributed by atoms with Crippen LogP contribution >= 0.6 is 15.9 Å². The maximum atomic E-state index is 12.4. The number of hydrogen-bond acceptors (Lipinski definition) is 3. The van der Waals surface area contributed by atoms with Crippen molar-refractivity contribution < 1.29 is 14.3 Å². The van der Waals surface area contributed by atoms with Gasteiger partial charge >= 0.3 is 5.97 Å². The third kappa shape index (κ3) is 5.16. The molecule has 2 aromatic rings. The van der Waals surface area contributed by atoms with E-state index in [0.717, 1.165) is 10.0 Å². The number of rotatable bonds is 5. The molecule has 0 radical (unpaired) electrons. The number of carbonyl (C=O) groups excluding carboxylic acids is 1. The van der Waals surface area contributed by atoms with E-state index >= 15 is 0 Å². The molecule has 1 fully saturated rings. The molecule has 1 aliphatic rings. The molecule has 1 aliphatic heterocycles. The quantitative estimate of drug-likeness (QED) is 0.485. The van der Waals surface area contributed by atoms with E-state index < -0.39 is 0 Å². The Bertz CT molecular complexity index is 768. The lowest BCUT2D eigenvalue weighted by Crippen LogP contribution is -2.36. The van der Waals surface area contributed by atoms with E-state index in [4.69, 9.17) is 9.47 Å². The van der Waals surface area contributed by atoms with Crippen molar-refractivity contribution in [2.24, 2.45) is 0 Å². The van der Waals surface area contributed by atoms with E-state index in [2.05, 4.69) is 22.5 Å². The minimum absolute atomic E-state index is 0.116. The van der Waals surface area contributed by atoms with Gasteiger partial charge in [-0.3, -0.25) is 0 Å². The van der Waals surface area contributed by atoms with Crippen LogP contribution in [0.5, 0.6) is 0 Å². The summed E-state index contributed by atoms with van der Waals surface area (Å²) in [5, 5.41) is 0. The summed E-state index contributed by atoms with van der Waals surface area (Å²) in [5.74, 6) is -0.307. The van der Waals surface area contributed by atoms with Crippen molar-refractivity contribution in [3.8, 4) is 0 Å². The molecule has 3 nitrogen and oxygen atoms in total. The van der Waals surface area contributed by atoms with E-state index in [1.807, 2.05) is 54.6 Å². The van der Waals surface area contributed by atoms with Crippen molar-refractivity contribution in [2.75, 3.05) is 0 Å². The Kier molecular flexibility index (Phi) is 6.42. The summed E-state index contributed by atoms with van der Waals surface area (Å²) in [6, 6.07) is 17.2. The highest BCUT2D eigenvalue weighted by Gasteiger charge is 2.29. The lowest BCUT2D eigenvalue weighted by Gasteiger charge is -2.32. The zero-order chi connectivity index (χ0) is 18.4. The van der Waals surface area contributed by atoms with E-state index in [9.17, 15) is 4.79 Å². The smallest absolute Gasteiger partial charge is 0.338 e. The van der Waals surface area contributed by atoms with Crippen LogP contribution in [0.1, 0.15) is 28.8 Å². The van der Waals surface area contributed by atoms with Crippen molar-refractivity contribution in [3.05, 3.63) is 88.9 Å². The Labute approximate surface area is 162 Å². The van der Waals surface area contributed by atoms with Crippen LogP contribution in [0.3, 0.4) is 0 Å². The zero-order valence-electron chi connectivity index (χ0n) is 14.4. The van der Waals surface area contributed by atoms with Crippen molar-refractivity contribution in [1.82, 2.24) is 0 Å². The van der Waals surface area contributed by atoms with Crippen LogP contribution in [-0.4, -0.2) is 24.3 Å². The highest BCUT2D eigenvalue weighted by atomic mass is 79.9. The van der Waals surface area contributed by atoms with Gasteiger partial charge in [0.2, 0.25) is 0 Å². The highest BCUT2D eigenvalue weighted by Crippen LogP contribution is 2.25. The Balaban J connectivity index is 1.65. The number of carbonyl (C=O) groups is 1. The van der Waals surface area contributed by atoms with Gasteiger partial charge in [-0.2, -0.15) is 0 Å². The van der Waals surface area contributed by atoms with E-state index in [1.165, 1.54) is 0 Å². The summed E-state index contributed by atoms with van der Waals surface area (Å²) in [5.41, 5.74) is 1.66. The number of hydrogen-bond donors (Lipinski definition) is 0. The fourth-order valence-corrected chi connectivity index (χ4v) is 3.17. The molecule has 0 N–H and O–H groups in total. The molecule has 2 aromatic carbocycles. The molecule has 0 aliphatic carbocycles. The average molecular weight is 413 g/mol. The molecule has 1 saturated heterocycles. The first kappa shape index (κ1) is 18.6.